The number of rotatable bonds is 5. The van der Waals surface area contributed by atoms with E-state index in [4.69, 9.17) is 9.47 Å². The molecule has 0 bridgehead atoms. The van der Waals surface area contributed by atoms with Gasteiger partial charge in [-0.1, -0.05) is 42.0 Å². The molecule has 30 heavy (non-hydrogen) atoms. The highest BCUT2D eigenvalue weighted by atomic mass is 16.6. The summed E-state index contributed by atoms with van der Waals surface area (Å²) in [5, 5.41) is 8.72. The zero-order valence-electron chi connectivity index (χ0n) is 17.3. The second kappa shape index (κ2) is 8.41. The molecule has 1 aromatic heterocycles. The van der Waals surface area contributed by atoms with Gasteiger partial charge in [-0.3, -0.25) is 9.48 Å². The van der Waals surface area contributed by atoms with Gasteiger partial charge >= 0.3 is 0 Å². The minimum atomic E-state index is -0.747. The molecule has 4 rings (SSSR count). The Morgan fingerprint density at radius 3 is 2.67 bits per heavy atom. The average Bonchev–Trinajstić information content (AvgIpc) is 3.02. The Balaban J connectivity index is 1.40. The van der Waals surface area contributed by atoms with Gasteiger partial charge in [0.2, 0.25) is 6.10 Å². The molecule has 1 aliphatic rings. The molecule has 0 unspecified atom stereocenters. The lowest BCUT2D eigenvalue weighted by atomic mass is 10.1. The van der Waals surface area contributed by atoms with Crippen LogP contribution in [0.15, 0.2) is 53.6 Å². The molecule has 3 aromatic rings. The van der Waals surface area contributed by atoms with Crippen LogP contribution in [0.2, 0.25) is 0 Å². The number of fused-ring (bicyclic) bond motifs is 1. The number of aryl methyl sites for hydroxylation is 2. The van der Waals surface area contributed by atoms with E-state index in [9.17, 15) is 4.79 Å². The van der Waals surface area contributed by atoms with Crippen molar-refractivity contribution < 1.29 is 14.3 Å². The maximum absolute atomic E-state index is 12.4. The van der Waals surface area contributed by atoms with Gasteiger partial charge in [-0.15, -0.1) is 0 Å². The monoisotopic (exact) mass is 404 g/mol. The van der Waals surface area contributed by atoms with Crippen molar-refractivity contribution in [2.75, 3.05) is 6.61 Å². The van der Waals surface area contributed by atoms with E-state index in [1.807, 2.05) is 30.7 Å². The van der Waals surface area contributed by atoms with E-state index in [1.165, 1.54) is 11.1 Å². The highest BCUT2D eigenvalue weighted by Gasteiger charge is 2.27. The second-order valence-corrected chi connectivity index (χ2v) is 7.33. The van der Waals surface area contributed by atoms with Crippen LogP contribution in [0.4, 0.5) is 0 Å². The molecule has 1 N–H and O–H groups in total. The van der Waals surface area contributed by atoms with Gasteiger partial charge in [0.15, 0.2) is 11.5 Å². The summed E-state index contributed by atoms with van der Waals surface area (Å²) in [4.78, 5) is 12.4. The maximum atomic E-state index is 12.4. The van der Waals surface area contributed by atoms with Gasteiger partial charge in [-0.25, -0.2) is 5.43 Å². The molecule has 7 nitrogen and oxygen atoms in total. The largest absolute Gasteiger partial charge is 0.485 e. The summed E-state index contributed by atoms with van der Waals surface area (Å²) < 4.78 is 13.2. The van der Waals surface area contributed by atoms with E-state index in [-0.39, 0.29) is 12.5 Å². The van der Waals surface area contributed by atoms with Crippen LogP contribution in [0, 0.1) is 20.8 Å². The first kappa shape index (κ1) is 19.7. The van der Waals surface area contributed by atoms with Crippen LogP contribution in [0.1, 0.15) is 28.1 Å². The Kier molecular flexibility index (Phi) is 5.52. The summed E-state index contributed by atoms with van der Waals surface area (Å²) >= 11 is 0. The Bertz CT molecular complexity index is 1090. The van der Waals surface area contributed by atoms with Crippen molar-refractivity contribution in [3.63, 3.8) is 0 Å². The van der Waals surface area contributed by atoms with Crippen molar-refractivity contribution in [1.82, 2.24) is 15.2 Å². The molecule has 1 amide bonds. The first-order chi connectivity index (χ1) is 14.5. The van der Waals surface area contributed by atoms with Gasteiger partial charge in [0.05, 0.1) is 18.5 Å². The standard InChI is InChI=1S/C23H24N4O3/c1-15-8-10-18(11-9-15)13-27-17(3)19(16(2)26-27)12-24-25-23(28)22-14-29-20-6-4-5-7-21(20)30-22/h4-12,22H,13-14H2,1-3H3,(H,25,28)/b24-12-/t22-/m0/s1. The van der Waals surface area contributed by atoms with Gasteiger partial charge in [-0.2, -0.15) is 10.2 Å². The number of aromatic nitrogens is 2. The molecule has 0 saturated heterocycles. The molecular weight excluding hydrogens is 380 g/mol. The molecule has 2 aromatic carbocycles. The first-order valence-corrected chi connectivity index (χ1v) is 9.82. The number of para-hydroxylation sites is 2. The number of ether oxygens (including phenoxy) is 2. The SMILES string of the molecule is Cc1ccc(Cn2nc(C)c(/C=N\NC(=O)[C@@H]3COc4ccccc4O3)c2C)cc1. The average molecular weight is 404 g/mol. The van der Waals surface area contributed by atoms with E-state index in [0.29, 0.717) is 18.0 Å². The summed E-state index contributed by atoms with van der Waals surface area (Å²) in [6, 6.07) is 15.7. The minimum Gasteiger partial charge on any atom is -0.485 e. The third-order valence-corrected chi connectivity index (χ3v) is 5.06. The summed E-state index contributed by atoms with van der Waals surface area (Å²) in [6.45, 7) is 6.81. The number of nitrogens with zero attached hydrogens (tertiary/aromatic N) is 3. The molecule has 0 spiro atoms. The van der Waals surface area contributed by atoms with Crippen LogP contribution in [-0.2, 0) is 11.3 Å². The fourth-order valence-electron chi connectivity index (χ4n) is 3.30. The highest BCUT2D eigenvalue weighted by molar-refractivity contribution is 5.86. The van der Waals surface area contributed by atoms with E-state index in [1.54, 1.807) is 18.3 Å². The van der Waals surface area contributed by atoms with Crippen LogP contribution < -0.4 is 14.9 Å². The van der Waals surface area contributed by atoms with Gasteiger partial charge in [0.1, 0.15) is 6.61 Å². The van der Waals surface area contributed by atoms with E-state index >= 15 is 0 Å². The molecule has 0 aliphatic carbocycles. The molecular formula is C23H24N4O3. The van der Waals surface area contributed by atoms with Crippen LogP contribution in [-0.4, -0.2) is 34.6 Å². The fraction of sp³-hybridized carbons (Fsp3) is 0.261. The third kappa shape index (κ3) is 4.20. The van der Waals surface area contributed by atoms with Crippen molar-refractivity contribution in [3.05, 3.63) is 76.6 Å². The molecule has 0 saturated carbocycles. The topological polar surface area (TPSA) is 77.7 Å². The van der Waals surface area contributed by atoms with Crippen LogP contribution >= 0.6 is 0 Å². The fourth-order valence-corrected chi connectivity index (χ4v) is 3.30. The summed E-state index contributed by atoms with van der Waals surface area (Å²) in [5.41, 5.74) is 7.66. The number of hydrazone groups is 1. The number of benzene rings is 2. The lowest BCUT2D eigenvalue weighted by Crippen LogP contribution is -2.42. The van der Waals surface area contributed by atoms with Gasteiger partial charge in [0.25, 0.3) is 5.91 Å². The Morgan fingerprint density at radius 2 is 1.90 bits per heavy atom. The van der Waals surface area contributed by atoms with Crippen molar-refractivity contribution in [2.45, 2.75) is 33.4 Å². The van der Waals surface area contributed by atoms with Crippen molar-refractivity contribution in [2.24, 2.45) is 5.10 Å². The smallest absolute Gasteiger partial charge is 0.284 e. The molecule has 7 heteroatoms. The van der Waals surface area contributed by atoms with Gasteiger partial charge < -0.3 is 9.47 Å². The van der Waals surface area contributed by atoms with Crippen LogP contribution in [0.5, 0.6) is 11.5 Å². The molecule has 1 atom stereocenters. The van der Waals surface area contributed by atoms with Crippen molar-refractivity contribution >= 4 is 12.1 Å². The van der Waals surface area contributed by atoms with E-state index < -0.39 is 6.10 Å². The Labute approximate surface area is 175 Å². The van der Waals surface area contributed by atoms with Gasteiger partial charge in [-0.05, 0) is 38.5 Å². The Morgan fingerprint density at radius 1 is 1.17 bits per heavy atom. The minimum absolute atomic E-state index is 0.144. The number of carbonyl (C=O) groups is 1. The number of nitrogens with one attached hydrogen (secondary N) is 1. The van der Waals surface area contributed by atoms with Crippen LogP contribution in [0.25, 0.3) is 0 Å². The van der Waals surface area contributed by atoms with Crippen molar-refractivity contribution in [1.29, 1.82) is 0 Å². The number of hydrogen-bond acceptors (Lipinski definition) is 5. The number of hydrogen-bond donors (Lipinski definition) is 1. The van der Waals surface area contributed by atoms with Gasteiger partial charge in [0, 0.05) is 11.3 Å². The molecule has 1 aliphatic heterocycles. The maximum Gasteiger partial charge on any atom is 0.284 e. The number of carbonyl (C=O) groups excluding carboxylic acids is 1. The summed E-state index contributed by atoms with van der Waals surface area (Å²) in [7, 11) is 0. The number of amides is 1. The van der Waals surface area contributed by atoms with Crippen molar-refractivity contribution in [3.8, 4) is 11.5 Å². The van der Waals surface area contributed by atoms with Crippen LogP contribution in [0.3, 0.4) is 0 Å². The predicted molar refractivity (Wildman–Crippen MR) is 114 cm³/mol. The quantitative estimate of drug-likeness (QED) is 0.523. The lowest BCUT2D eigenvalue weighted by Gasteiger charge is -2.24. The third-order valence-electron chi connectivity index (χ3n) is 5.06. The normalized spacial score (nSPS) is 15.4. The Hall–Kier alpha value is -3.61. The van der Waals surface area contributed by atoms with E-state index in [0.717, 1.165) is 17.0 Å². The molecule has 2 heterocycles. The van der Waals surface area contributed by atoms with E-state index in [2.05, 4.69) is 46.8 Å². The first-order valence-electron chi connectivity index (χ1n) is 9.82. The zero-order valence-corrected chi connectivity index (χ0v) is 17.3. The second-order valence-electron chi connectivity index (χ2n) is 7.33. The lowest BCUT2D eigenvalue weighted by molar-refractivity contribution is -0.130. The predicted octanol–water partition coefficient (Wildman–Crippen LogP) is 3.15. The molecule has 154 valence electrons. The molecule has 0 fully saturated rings. The molecule has 0 radical (unpaired) electrons. The summed E-state index contributed by atoms with van der Waals surface area (Å²) in [5.74, 6) is 0.831. The summed E-state index contributed by atoms with van der Waals surface area (Å²) in [6.07, 6.45) is 0.877. The zero-order chi connectivity index (χ0) is 21.1. The highest BCUT2D eigenvalue weighted by Crippen LogP contribution is 2.30.